The summed E-state index contributed by atoms with van der Waals surface area (Å²) in [6.45, 7) is 4.98. The summed E-state index contributed by atoms with van der Waals surface area (Å²) in [6, 6.07) is 10.4. The van der Waals surface area contributed by atoms with Crippen molar-refractivity contribution in [3.63, 3.8) is 0 Å². The van der Waals surface area contributed by atoms with E-state index < -0.39 is 0 Å². The van der Waals surface area contributed by atoms with Gasteiger partial charge in [0.2, 0.25) is 0 Å². The molecular weight excluding hydrogens is 210 g/mol. The summed E-state index contributed by atoms with van der Waals surface area (Å²) in [7, 11) is 1.71. The number of aliphatic imine (C=N–C) groups is 1. The fourth-order valence-corrected chi connectivity index (χ4v) is 1.46. The molecule has 0 saturated carbocycles. The Balaban J connectivity index is 2.50. The summed E-state index contributed by atoms with van der Waals surface area (Å²) >= 11 is 0. The third-order valence-electron chi connectivity index (χ3n) is 2.56. The Morgan fingerprint density at radius 2 is 1.94 bits per heavy atom. The average Bonchev–Trinajstić information content (AvgIpc) is 2.34. The topological polar surface area (TPSA) is 21.6 Å². The molecule has 0 radical (unpaired) electrons. The van der Waals surface area contributed by atoms with Gasteiger partial charge in [-0.25, -0.2) is 0 Å². The molecule has 0 aliphatic rings. The van der Waals surface area contributed by atoms with Crippen molar-refractivity contribution in [1.82, 2.24) is 0 Å². The first-order chi connectivity index (χ1) is 8.24. The highest BCUT2D eigenvalue weighted by Crippen LogP contribution is 2.06. The van der Waals surface area contributed by atoms with Crippen molar-refractivity contribution < 1.29 is 4.74 Å². The summed E-state index contributed by atoms with van der Waals surface area (Å²) in [5, 5.41) is 0. The van der Waals surface area contributed by atoms with Gasteiger partial charge in [0.05, 0.1) is 12.6 Å². The lowest BCUT2D eigenvalue weighted by Gasteiger charge is -2.14. The molecule has 0 heterocycles. The van der Waals surface area contributed by atoms with E-state index in [2.05, 4.69) is 31.0 Å². The fourth-order valence-electron chi connectivity index (χ4n) is 1.46. The number of hydrogen-bond donors (Lipinski definition) is 0. The molecule has 0 spiro atoms. The van der Waals surface area contributed by atoms with Gasteiger partial charge in [0.15, 0.2) is 0 Å². The molecule has 2 nitrogen and oxygen atoms in total. The Hall–Kier alpha value is -1.41. The molecule has 0 aliphatic carbocycles. The van der Waals surface area contributed by atoms with Gasteiger partial charge < -0.3 is 4.74 Å². The number of allylic oxidation sites excluding steroid dienone is 1. The Bertz CT molecular complexity index is 354. The molecule has 0 aliphatic heterocycles. The predicted octanol–water partition coefficient (Wildman–Crippen LogP) is 3.44. The number of benzene rings is 1. The quantitative estimate of drug-likeness (QED) is 0.687. The van der Waals surface area contributed by atoms with E-state index in [0.717, 1.165) is 0 Å². The largest absolute Gasteiger partial charge is 0.382 e. The van der Waals surface area contributed by atoms with Crippen LogP contribution in [0, 0.1) is 5.92 Å². The highest BCUT2D eigenvalue weighted by Gasteiger charge is 2.09. The van der Waals surface area contributed by atoms with E-state index in [1.54, 1.807) is 7.11 Å². The smallest absolute Gasteiger partial charge is 0.0755 e. The van der Waals surface area contributed by atoms with Crippen molar-refractivity contribution in [2.24, 2.45) is 10.9 Å². The zero-order valence-corrected chi connectivity index (χ0v) is 10.8. The lowest BCUT2D eigenvalue weighted by molar-refractivity contribution is 0.165. The van der Waals surface area contributed by atoms with Crippen LogP contribution in [-0.4, -0.2) is 26.0 Å². The first-order valence-electron chi connectivity index (χ1n) is 5.98. The Morgan fingerprint density at radius 3 is 2.53 bits per heavy atom. The van der Waals surface area contributed by atoms with E-state index in [0.29, 0.717) is 12.5 Å². The Labute approximate surface area is 104 Å². The van der Waals surface area contributed by atoms with E-state index in [-0.39, 0.29) is 6.04 Å². The van der Waals surface area contributed by atoms with Crippen LogP contribution in [0.4, 0.5) is 0 Å². The summed E-state index contributed by atoms with van der Waals surface area (Å²) in [5.41, 5.74) is 1.19. The van der Waals surface area contributed by atoms with Gasteiger partial charge in [0, 0.05) is 13.3 Å². The van der Waals surface area contributed by atoms with Gasteiger partial charge in [0.25, 0.3) is 0 Å². The van der Waals surface area contributed by atoms with Crippen LogP contribution in [0.25, 0.3) is 6.08 Å². The van der Waals surface area contributed by atoms with E-state index >= 15 is 0 Å². The third-order valence-corrected chi connectivity index (χ3v) is 2.56. The summed E-state index contributed by atoms with van der Waals surface area (Å²) in [6.07, 6.45) is 5.88. The van der Waals surface area contributed by atoms with Crippen molar-refractivity contribution in [2.45, 2.75) is 19.9 Å². The van der Waals surface area contributed by atoms with Gasteiger partial charge in [-0.1, -0.05) is 50.3 Å². The lowest BCUT2D eigenvalue weighted by Crippen LogP contribution is -2.19. The van der Waals surface area contributed by atoms with E-state index in [4.69, 9.17) is 4.74 Å². The minimum absolute atomic E-state index is 0.237. The number of methoxy groups -OCH3 is 1. The number of hydrogen-bond acceptors (Lipinski definition) is 2. The predicted molar refractivity (Wildman–Crippen MR) is 74.5 cm³/mol. The van der Waals surface area contributed by atoms with E-state index in [1.807, 2.05) is 36.6 Å². The maximum Gasteiger partial charge on any atom is 0.0755 e. The highest BCUT2D eigenvalue weighted by atomic mass is 16.5. The molecule has 1 rings (SSSR count). The summed E-state index contributed by atoms with van der Waals surface area (Å²) < 4.78 is 5.14. The SMILES string of the molecule is COC[C@H](N=C/C=C/c1ccccc1)C(C)C. The molecule has 0 N–H and O–H groups in total. The van der Waals surface area contributed by atoms with Crippen molar-refractivity contribution in [2.75, 3.05) is 13.7 Å². The first kappa shape index (κ1) is 13.7. The third kappa shape index (κ3) is 5.45. The highest BCUT2D eigenvalue weighted by molar-refractivity contribution is 5.78. The van der Waals surface area contributed by atoms with Crippen LogP contribution < -0.4 is 0 Å². The van der Waals surface area contributed by atoms with Gasteiger partial charge in [-0.3, -0.25) is 4.99 Å². The maximum atomic E-state index is 5.14. The zero-order valence-electron chi connectivity index (χ0n) is 10.8. The molecule has 0 bridgehead atoms. The summed E-state index contributed by atoms with van der Waals surface area (Å²) in [5.74, 6) is 0.497. The zero-order chi connectivity index (χ0) is 12.5. The van der Waals surface area contributed by atoms with Crippen LogP contribution in [-0.2, 0) is 4.74 Å². The molecule has 2 heteroatoms. The van der Waals surface area contributed by atoms with Gasteiger partial charge >= 0.3 is 0 Å². The van der Waals surface area contributed by atoms with Crippen molar-refractivity contribution >= 4 is 12.3 Å². The van der Waals surface area contributed by atoms with Gasteiger partial charge in [-0.2, -0.15) is 0 Å². The molecule has 92 valence electrons. The molecule has 1 atom stereocenters. The van der Waals surface area contributed by atoms with Crippen LogP contribution in [0.3, 0.4) is 0 Å². The van der Waals surface area contributed by atoms with Crippen molar-refractivity contribution in [3.8, 4) is 0 Å². The minimum Gasteiger partial charge on any atom is -0.382 e. The monoisotopic (exact) mass is 231 g/mol. The van der Waals surface area contributed by atoms with Gasteiger partial charge in [0.1, 0.15) is 0 Å². The number of rotatable bonds is 6. The molecule has 0 aromatic heterocycles. The molecule has 0 saturated heterocycles. The van der Waals surface area contributed by atoms with E-state index in [1.165, 1.54) is 5.56 Å². The molecule has 1 aromatic rings. The molecule has 0 amide bonds. The van der Waals surface area contributed by atoms with E-state index in [9.17, 15) is 0 Å². The van der Waals surface area contributed by atoms with Crippen molar-refractivity contribution in [3.05, 3.63) is 42.0 Å². The molecular formula is C15H21NO. The fraction of sp³-hybridized carbons (Fsp3) is 0.400. The standard InChI is InChI=1S/C15H21NO/c1-13(2)15(12-17-3)16-11-7-10-14-8-5-4-6-9-14/h4-11,13,15H,12H2,1-3H3/b10-7+,16-11?/t15-/m0/s1. The molecule has 0 unspecified atom stereocenters. The average molecular weight is 231 g/mol. The number of ether oxygens (including phenoxy) is 1. The van der Waals surface area contributed by atoms with Crippen molar-refractivity contribution in [1.29, 1.82) is 0 Å². The second-order valence-corrected chi connectivity index (χ2v) is 4.33. The molecule has 1 aromatic carbocycles. The van der Waals surface area contributed by atoms with Crippen LogP contribution in [0.2, 0.25) is 0 Å². The van der Waals surface area contributed by atoms with Crippen LogP contribution >= 0.6 is 0 Å². The molecule has 0 fully saturated rings. The first-order valence-corrected chi connectivity index (χ1v) is 5.98. The Morgan fingerprint density at radius 1 is 1.24 bits per heavy atom. The maximum absolute atomic E-state index is 5.14. The minimum atomic E-state index is 0.237. The van der Waals surface area contributed by atoms with Gasteiger partial charge in [-0.15, -0.1) is 0 Å². The molecule has 17 heavy (non-hydrogen) atoms. The van der Waals surface area contributed by atoms with Crippen LogP contribution in [0.5, 0.6) is 0 Å². The Kier molecular flexibility index (Phi) is 6.26. The summed E-state index contributed by atoms with van der Waals surface area (Å²) in [4.78, 5) is 4.49. The van der Waals surface area contributed by atoms with Crippen LogP contribution in [0.1, 0.15) is 19.4 Å². The lowest BCUT2D eigenvalue weighted by atomic mass is 10.1. The second kappa shape index (κ2) is 7.80. The normalized spacial score (nSPS) is 13.9. The second-order valence-electron chi connectivity index (χ2n) is 4.33. The number of nitrogens with zero attached hydrogens (tertiary/aromatic N) is 1. The van der Waals surface area contributed by atoms with Crippen LogP contribution in [0.15, 0.2) is 41.4 Å². The van der Waals surface area contributed by atoms with Gasteiger partial charge in [-0.05, 0) is 17.6 Å².